The smallest absolute Gasteiger partial charge is 0.455 e. The number of hydrogen-bond donors (Lipinski definition) is 0. The molecule has 1 aliphatic heterocycles. The minimum atomic E-state index is -0.452. The van der Waals surface area contributed by atoms with Gasteiger partial charge in [0.25, 0.3) is 0 Å². The Morgan fingerprint density at radius 2 is 1.23 bits per heavy atom. The zero-order valence-electron chi connectivity index (χ0n) is 25.6. The molecule has 4 nitrogen and oxygen atoms in total. The van der Waals surface area contributed by atoms with E-state index in [0.717, 1.165) is 61.2 Å². The number of hydrogen-bond acceptors (Lipinski definition) is 4. The average molecular weight is 566 g/mol. The predicted molar refractivity (Wildman–Crippen MR) is 179 cm³/mol. The fraction of sp³-hybridized carbons (Fsp3) is 0.211. The SMILES string of the molecule is Cc1ccc(N(c2ccccc2)c2cc(-c3cc(C)cc(B4OC(C)(C)C(C)(C)O4)c3)c3oc4ccccc4c3c2)cc1. The van der Waals surface area contributed by atoms with E-state index in [4.69, 9.17) is 13.7 Å². The topological polar surface area (TPSA) is 34.8 Å². The second-order valence-corrected chi connectivity index (χ2v) is 12.7. The number of para-hydroxylation sites is 2. The molecule has 0 bridgehead atoms. The van der Waals surface area contributed by atoms with Crippen molar-refractivity contribution >= 4 is 51.6 Å². The van der Waals surface area contributed by atoms with Crippen LogP contribution in [0.2, 0.25) is 0 Å². The molecule has 1 aromatic heterocycles. The highest BCUT2D eigenvalue weighted by molar-refractivity contribution is 6.62. The van der Waals surface area contributed by atoms with Crippen LogP contribution in [-0.4, -0.2) is 18.3 Å². The summed E-state index contributed by atoms with van der Waals surface area (Å²) in [7, 11) is -0.452. The molecule has 0 atom stereocenters. The second kappa shape index (κ2) is 10.2. The normalized spacial score (nSPS) is 15.8. The molecule has 5 aromatic carbocycles. The van der Waals surface area contributed by atoms with E-state index in [1.807, 2.05) is 12.1 Å². The molecule has 0 radical (unpaired) electrons. The Bertz CT molecular complexity index is 1940. The van der Waals surface area contributed by atoms with Crippen molar-refractivity contribution in [3.8, 4) is 11.1 Å². The summed E-state index contributed by atoms with van der Waals surface area (Å²) in [5.74, 6) is 0. The van der Waals surface area contributed by atoms with Crippen molar-refractivity contribution in [2.45, 2.75) is 52.7 Å². The van der Waals surface area contributed by atoms with E-state index in [0.29, 0.717) is 0 Å². The summed E-state index contributed by atoms with van der Waals surface area (Å²) in [5.41, 5.74) is 9.59. The monoisotopic (exact) mass is 565 g/mol. The Hall–Kier alpha value is -4.32. The van der Waals surface area contributed by atoms with Crippen LogP contribution in [0.3, 0.4) is 0 Å². The van der Waals surface area contributed by atoms with E-state index >= 15 is 0 Å². The maximum absolute atomic E-state index is 6.59. The Kier molecular flexibility index (Phi) is 6.49. The Labute approximate surface area is 254 Å². The van der Waals surface area contributed by atoms with E-state index in [9.17, 15) is 0 Å². The first-order chi connectivity index (χ1) is 20.6. The van der Waals surface area contributed by atoms with Crippen molar-refractivity contribution in [3.05, 3.63) is 120 Å². The number of rotatable bonds is 5. The van der Waals surface area contributed by atoms with Crippen molar-refractivity contribution in [2.75, 3.05) is 4.90 Å². The quantitative estimate of drug-likeness (QED) is 0.195. The lowest BCUT2D eigenvalue weighted by Gasteiger charge is -2.32. The maximum atomic E-state index is 6.59. The summed E-state index contributed by atoms with van der Waals surface area (Å²) < 4.78 is 19.5. The van der Waals surface area contributed by atoms with E-state index in [1.54, 1.807) is 0 Å². The van der Waals surface area contributed by atoms with Crippen LogP contribution >= 0.6 is 0 Å². The molecule has 1 saturated heterocycles. The van der Waals surface area contributed by atoms with Crippen LogP contribution in [0, 0.1) is 13.8 Å². The van der Waals surface area contributed by atoms with Gasteiger partial charge < -0.3 is 18.6 Å². The van der Waals surface area contributed by atoms with Gasteiger partial charge in [0.15, 0.2) is 0 Å². The molecule has 7 rings (SSSR count). The third kappa shape index (κ3) is 4.83. The molecule has 214 valence electrons. The van der Waals surface area contributed by atoms with Gasteiger partial charge in [-0.2, -0.15) is 0 Å². The number of aryl methyl sites for hydroxylation is 2. The molecule has 0 amide bonds. The molecular formula is C38H36BNO3. The number of fused-ring (bicyclic) bond motifs is 3. The predicted octanol–water partition coefficient (Wildman–Crippen LogP) is 9.64. The van der Waals surface area contributed by atoms with Gasteiger partial charge in [-0.1, -0.05) is 77.9 Å². The van der Waals surface area contributed by atoms with Gasteiger partial charge in [-0.3, -0.25) is 0 Å². The van der Waals surface area contributed by atoms with Gasteiger partial charge in [-0.15, -0.1) is 0 Å². The first-order valence-electron chi connectivity index (χ1n) is 14.9. The molecule has 0 unspecified atom stereocenters. The third-order valence-corrected chi connectivity index (χ3v) is 8.96. The van der Waals surface area contributed by atoms with Crippen LogP contribution in [0.1, 0.15) is 38.8 Å². The molecule has 43 heavy (non-hydrogen) atoms. The van der Waals surface area contributed by atoms with Crippen LogP contribution in [0.25, 0.3) is 33.1 Å². The van der Waals surface area contributed by atoms with Crippen LogP contribution in [0.5, 0.6) is 0 Å². The number of furan rings is 1. The number of benzene rings is 5. The molecule has 0 N–H and O–H groups in total. The van der Waals surface area contributed by atoms with Gasteiger partial charge in [0.1, 0.15) is 11.2 Å². The van der Waals surface area contributed by atoms with Crippen LogP contribution < -0.4 is 10.4 Å². The van der Waals surface area contributed by atoms with Crippen molar-refractivity contribution in [1.82, 2.24) is 0 Å². The zero-order valence-corrected chi connectivity index (χ0v) is 25.6. The van der Waals surface area contributed by atoms with E-state index in [2.05, 4.69) is 144 Å². The number of nitrogens with zero attached hydrogens (tertiary/aromatic N) is 1. The highest BCUT2D eigenvalue weighted by Crippen LogP contribution is 2.43. The third-order valence-electron chi connectivity index (χ3n) is 8.96. The van der Waals surface area contributed by atoms with Gasteiger partial charge in [0.05, 0.1) is 11.2 Å². The van der Waals surface area contributed by atoms with E-state index in [1.165, 1.54) is 5.56 Å². The molecule has 0 aliphatic carbocycles. The molecular weight excluding hydrogens is 529 g/mol. The van der Waals surface area contributed by atoms with Gasteiger partial charge in [0.2, 0.25) is 0 Å². The van der Waals surface area contributed by atoms with Crippen molar-refractivity contribution < 1.29 is 13.7 Å². The minimum Gasteiger partial charge on any atom is -0.455 e. The van der Waals surface area contributed by atoms with Gasteiger partial charge in [-0.05, 0) is 95.0 Å². The lowest BCUT2D eigenvalue weighted by atomic mass is 9.77. The van der Waals surface area contributed by atoms with Crippen molar-refractivity contribution in [1.29, 1.82) is 0 Å². The summed E-state index contributed by atoms with van der Waals surface area (Å²) in [5, 5.41) is 2.17. The fourth-order valence-corrected chi connectivity index (χ4v) is 5.96. The molecule has 2 heterocycles. The van der Waals surface area contributed by atoms with Crippen LogP contribution in [0.4, 0.5) is 17.1 Å². The average Bonchev–Trinajstić information content (AvgIpc) is 3.46. The van der Waals surface area contributed by atoms with E-state index in [-0.39, 0.29) is 0 Å². The standard InChI is InChI=1S/C38H36BNO3/c1-25-16-18-30(19-17-25)40(29-12-8-7-9-13-29)31-23-33(36-34(24-31)32-14-10-11-15-35(32)41-36)27-20-26(2)21-28(22-27)39-42-37(3,4)38(5,6)43-39/h7-24H,1-6H3. The molecule has 5 heteroatoms. The van der Waals surface area contributed by atoms with Crippen molar-refractivity contribution in [3.63, 3.8) is 0 Å². The summed E-state index contributed by atoms with van der Waals surface area (Å²) in [6.07, 6.45) is 0. The van der Waals surface area contributed by atoms with Crippen molar-refractivity contribution in [2.24, 2.45) is 0 Å². The van der Waals surface area contributed by atoms with Gasteiger partial charge in [0, 0.05) is 33.4 Å². The Morgan fingerprint density at radius 3 is 1.95 bits per heavy atom. The molecule has 6 aromatic rings. The van der Waals surface area contributed by atoms with Gasteiger partial charge >= 0.3 is 7.12 Å². The number of anilines is 3. The summed E-state index contributed by atoms with van der Waals surface area (Å²) in [6, 6.07) is 38.6. The van der Waals surface area contributed by atoms with Crippen LogP contribution in [-0.2, 0) is 9.31 Å². The van der Waals surface area contributed by atoms with Crippen LogP contribution in [0.15, 0.2) is 114 Å². The molecule has 0 spiro atoms. The molecule has 1 aliphatic rings. The highest BCUT2D eigenvalue weighted by atomic mass is 16.7. The van der Waals surface area contributed by atoms with E-state index < -0.39 is 18.3 Å². The second-order valence-electron chi connectivity index (χ2n) is 12.7. The first kappa shape index (κ1) is 27.5. The first-order valence-corrected chi connectivity index (χ1v) is 14.9. The highest BCUT2D eigenvalue weighted by Gasteiger charge is 2.51. The summed E-state index contributed by atoms with van der Waals surface area (Å²) in [6.45, 7) is 12.6. The van der Waals surface area contributed by atoms with Gasteiger partial charge in [-0.25, -0.2) is 0 Å². The molecule has 0 saturated carbocycles. The zero-order chi connectivity index (χ0) is 29.9. The summed E-state index contributed by atoms with van der Waals surface area (Å²) >= 11 is 0. The lowest BCUT2D eigenvalue weighted by Crippen LogP contribution is -2.41. The lowest BCUT2D eigenvalue weighted by molar-refractivity contribution is 0.00578. The molecule has 1 fully saturated rings. The summed E-state index contributed by atoms with van der Waals surface area (Å²) in [4.78, 5) is 2.31. The Morgan fingerprint density at radius 1 is 0.581 bits per heavy atom. The Balaban J connectivity index is 1.47. The largest absolute Gasteiger partial charge is 0.494 e. The fourth-order valence-electron chi connectivity index (χ4n) is 5.96. The maximum Gasteiger partial charge on any atom is 0.494 e. The minimum absolute atomic E-state index is 0.419.